The van der Waals surface area contributed by atoms with Crippen LogP contribution in [0.1, 0.15) is 33.9 Å². The predicted molar refractivity (Wildman–Crippen MR) is 135 cm³/mol. The molecule has 1 aliphatic heterocycles. The number of hydrogen-bond acceptors (Lipinski definition) is 11. The second kappa shape index (κ2) is 11.3. The number of carbonyl (C=O) groups is 1. The van der Waals surface area contributed by atoms with Gasteiger partial charge in [-0.15, -0.1) is 0 Å². The first-order valence-electron chi connectivity index (χ1n) is 11.2. The van der Waals surface area contributed by atoms with Crippen molar-refractivity contribution >= 4 is 30.2 Å². The minimum atomic E-state index is -3.41. The van der Waals surface area contributed by atoms with Gasteiger partial charge in [-0.25, -0.2) is 9.88 Å². The number of ether oxygens (including phenoxy) is 2. The molecule has 2 aromatic rings. The quantitative estimate of drug-likeness (QED) is 0.250. The van der Waals surface area contributed by atoms with Gasteiger partial charge in [0.05, 0.1) is 12.7 Å². The van der Waals surface area contributed by atoms with Crippen molar-refractivity contribution in [2.45, 2.75) is 63.9 Å². The molecular weight excluding hydrogens is 511 g/mol. The van der Waals surface area contributed by atoms with Crippen LogP contribution in [-0.4, -0.2) is 62.3 Å². The molecule has 1 fully saturated rings. The van der Waals surface area contributed by atoms with Crippen molar-refractivity contribution in [3.8, 4) is 5.75 Å². The molecular formula is C22H31N4O8PS. The van der Waals surface area contributed by atoms with Gasteiger partial charge in [-0.1, -0.05) is 18.2 Å². The second-order valence-corrected chi connectivity index (χ2v) is 11.9. The summed E-state index contributed by atoms with van der Waals surface area (Å²) in [6.45, 7) is 2.59. The summed E-state index contributed by atoms with van der Waals surface area (Å²) < 4.78 is 23.9. The summed E-state index contributed by atoms with van der Waals surface area (Å²) in [5, 5.41) is 24.6. The van der Waals surface area contributed by atoms with E-state index in [1.54, 1.807) is 51.1 Å². The van der Waals surface area contributed by atoms with E-state index in [1.165, 1.54) is 19.2 Å². The van der Waals surface area contributed by atoms with Crippen LogP contribution >= 0.6 is 6.64 Å². The van der Waals surface area contributed by atoms with E-state index in [9.17, 15) is 19.8 Å². The average molecular weight is 543 g/mol. The fraction of sp³-hybridized carbons (Fsp3) is 0.500. The third kappa shape index (κ3) is 6.68. The summed E-state index contributed by atoms with van der Waals surface area (Å²) in [6, 6.07) is 9.13. The van der Waals surface area contributed by atoms with Crippen molar-refractivity contribution in [3.63, 3.8) is 0 Å². The number of para-hydroxylation sites is 1. The molecule has 0 radical (unpaired) electrons. The highest BCUT2D eigenvalue weighted by Crippen LogP contribution is 2.47. The number of nitrogens with zero attached hydrogens (tertiary/aromatic N) is 2. The fourth-order valence-electron chi connectivity index (χ4n) is 3.49. The molecule has 1 aromatic carbocycles. The summed E-state index contributed by atoms with van der Waals surface area (Å²) in [6.07, 6.45) is -2.86. The van der Waals surface area contributed by atoms with E-state index in [-0.39, 0.29) is 18.5 Å². The Bertz CT molecular complexity index is 1160. The minimum Gasteiger partial charge on any atom is -0.462 e. The van der Waals surface area contributed by atoms with Crippen LogP contribution < -0.4 is 21.0 Å². The lowest BCUT2D eigenvalue weighted by molar-refractivity contribution is -0.149. The number of aliphatic hydroxyl groups excluding tert-OH is 1. The van der Waals surface area contributed by atoms with Gasteiger partial charge in [0.1, 0.15) is 35.4 Å². The predicted octanol–water partition coefficient (Wildman–Crippen LogP) is 1.08. The highest BCUT2D eigenvalue weighted by atomic mass is 32.5. The van der Waals surface area contributed by atoms with Gasteiger partial charge in [-0.3, -0.25) is 9.36 Å². The number of nitrogens with two attached hydrogens (primary N) is 1. The van der Waals surface area contributed by atoms with Crippen molar-refractivity contribution in [3.05, 3.63) is 53.1 Å². The number of aliphatic hydroxyl groups is 2. The Balaban J connectivity index is 1.79. The van der Waals surface area contributed by atoms with E-state index in [0.717, 1.165) is 4.57 Å². The smallest absolute Gasteiger partial charge is 0.351 e. The van der Waals surface area contributed by atoms with Gasteiger partial charge in [0.25, 0.3) is 0 Å². The number of aromatic nitrogens is 2. The molecule has 0 amide bonds. The Morgan fingerprint density at radius 1 is 1.33 bits per heavy atom. The SMILES string of the molecule is CC(C)OC(=O)C(C)NP(=S)(OCC1O[C@@H](n2ccc(N)nc2=O)C(C)(O)C1O)Oc1ccccc1. The molecule has 198 valence electrons. The van der Waals surface area contributed by atoms with Gasteiger partial charge in [0.2, 0.25) is 0 Å². The van der Waals surface area contributed by atoms with Crippen LogP contribution in [0.5, 0.6) is 5.75 Å². The molecule has 1 aliphatic rings. The van der Waals surface area contributed by atoms with Crippen molar-refractivity contribution in [1.82, 2.24) is 14.6 Å². The van der Waals surface area contributed by atoms with E-state index in [4.69, 9.17) is 36.1 Å². The molecule has 0 saturated carbocycles. The van der Waals surface area contributed by atoms with Gasteiger partial charge >= 0.3 is 18.3 Å². The number of esters is 1. The molecule has 12 nitrogen and oxygen atoms in total. The van der Waals surface area contributed by atoms with Gasteiger partial charge in [0, 0.05) is 6.20 Å². The van der Waals surface area contributed by atoms with Crippen LogP contribution in [-0.2, 0) is 30.6 Å². The van der Waals surface area contributed by atoms with E-state index in [1.807, 2.05) is 0 Å². The molecule has 36 heavy (non-hydrogen) atoms. The van der Waals surface area contributed by atoms with E-state index in [0.29, 0.717) is 5.75 Å². The van der Waals surface area contributed by atoms with E-state index < -0.39 is 48.4 Å². The standard InChI is InChI=1S/C22H31N4O8PS/c1-13(2)32-19(28)14(3)25-35(36,34-15-8-6-5-7-9-15)31-12-16-18(27)22(4,30)20(33-16)26-11-10-17(23)24-21(26)29/h5-11,13-14,16,18,20,27,30H,12H2,1-4H3,(H,25,36)(H2,23,24,29)/t14?,16?,18?,20-,22?,35?/m1/s1. The first-order valence-corrected chi connectivity index (χ1v) is 13.8. The number of nitrogens with one attached hydrogen (secondary N) is 1. The summed E-state index contributed by atoms with van der Waals surface area (Å²) in [4.78, 5) is 28.3. The highest BCUT2D eigenvalue weighted by molar-refractivity contribution is 8.09. The van der Waals surface area contributed by atoms with Gasteiger partial charge in [-0.2, -0.15) is 4.98 Å². The summed E-state index contributed by atoms with van der Waals surface area (Å²) in [5.41, 5.74) is 2.90. The van der Waals surface area contributed by atoms with Crippen molar-refractivity contribution < 1.29 is 33.5 Å². The third-order valence-electron chi connectivity index (χ3n) is 5.29. The fourth-order valence-corrected chi connectivity index (χ4v) is 5.91. The van der Waals surface area contributed by atoms with Crippen LogP contribution in [0.25, 0.3) is 0 Å². The first-order chi connectivity index (χ1) is 16.8. The van der Waals surface area contributed by atoms with Gasteiger partial charge < -0.3 is 34.5 Å². The number of carbonyl (C=O) groups excluding carboxylic acids is 1. The average Bonchev–Trinajstić information content (AvgIpc) is 3.01. The van der Waals surface area contributed by atoms with Crippen molar-refractivity contribution in [2.75, 3.05) is 12.3 Å². The largest absolute Gasteiger partial charge is 0.462 e. The van der Waals surface area contributed by atoms with Crippen LogP contribution in [0.3, 0.4) is 0 Å². The molecule has 5 N–H and O–H groups in total. The topological polar surface area (TPSA) is 167 Å². The lowest BCUT2D eigenvalue weighted by Crippen LogP contribution is -2.46. The van der Waals surface area contributed by atoms with E-state index >= 15 is 0 Å². The number of benzene rings is 1. The molecule has 0 bridgehead atoms. The number of nitrogen functional groups attached to an aromatic ring is 1. The molecule has 5 unspecified atom stereocenters. The van der Waals surface area contributed by atoms with E-state index in [2.05, 4.69) is 10.1 Å². The lowest BCUT2D eigenvalue weighted by Gasteiger charge is -2.28. The molecule has 1 aromatic heterocycles. The maximum atomic E-state index is 12.4. The number of anilines is 1. The van der Waals surface area contributed by atoms with Crippen LogP contribution in [0, 0.1) is 0 Å². The molecule has 3 rings (SSSR count). The van der Waals surface area contributed by atoms with Crippen LogP contribution in [0.4, 0.5) is 5.82 Å². The van der Waals surface area contributed by atoms with Gasteiger partial charge in [-0.05, 0) is 57.7 Å². The summed E-state index contributed by atoms with van der Waals surface area (Å²) >= 11 is 5.65. The Labute approximate surface area is 213 Å². The molecule has 0 spiro atoms. The summed E-state index contributed by atoms with van der Waals surface area (Å²) in [7, 11) is 0. The normalized spacial score (nSPS) is 26.4. The van der Waals surface area contributed by atoms with Crippen molar-refractivity contribution in [1.29, 1.82) is 0 Å². The van der Waals surface area contributed by atoms with Crippen molar-refractivity contribution in [2.24, 2.45) is 0 Å². The minimum absolute atomic E-state index is 0.00394. The number of rotatable bonds is 10. The number of hydrogen-bond donors (Lipinski definition) is 4. The Morgan fingerprint density at radius 3 is 2.61 bits per heavy atom. The van der Waals surface area contributed by atoms with Crippen LogP contribution in [0.2, 0.25) is 0 Å². The summed E-state index contributed by atoms with van der Waals surface area (Å²) in [5.74, 6) is -0.144. The van der Waals surface area contributed by atoms with Gasteiger partial charge in [0.15, 0.2) is 6.23 Å². The zero-order valence-electron chi connectivity index (χ0n) is 20.3. The molecule has 2 heterocycles. The zero-order valence-corrected chi connectivity index (χ0v) is 22.0. The Kier molecular flexibility index (Phi) is 8.88. The monoisotopic (exact) mass is 542 g/mol. The maximum Gasteiger partial charge on any atom is 0.351 e. The lowest BCUT2D eigenvalue weighted by atomic mass is 9.96. The first kappa shape index (κ1) is 28.2. The third-order valence-corrected chi connectivity index (χ3v) is 7.79. The molecule has 0 aliphatic carbocycles. The highest BCUT2D eigenvalue weighted by Gasteiger charge is 2.54. The van der Waals surface area contributed by atoms with Crippen LogP contribution in [0.15, 0.2) is 47.4 Å². The molecule has 6 atom stereocenters. The Morgan fingerprint density at radius 2 is 2.00 bits per heavy atom. The molecule has 14 heteroatoms. The second-order valence-electron chi connectivity index (χ2n) is 8.77. The Hall–Kier alpha value is -2.38. The molecule has 1 saturated heterocycles. The maximum absolute atomic E-state index is 12.4. The zero-order chi connectivity index (χ0) is 26.7.